The van der Waals surface area contributed by atoms with Crippen molar-refractivity contribution in [3.63, 3.8) is 0 Å². The lowest BCUT2D eigenvalue weighted by Crippen LogP contribution is -1.90. The lowest BCUT2D eigenvalue weighted by atomic mass is 10.2. The van der Waals surface area contributed by atoms with Crippen LogP contribution < -0.4 is 0 Å². The van der Waals surface area contributed by atoms with Gasteiger partial charge in [-0.25, -0.2) is 0 Å². The summed E-state index contributed by atoms with van der Waals surface area (Å²) in [6, 6.07) is 8.38. The van der Waals surface area contributed by atoms with Crippen LogP contribution >= 0.6 is 0 Å². The molecule has 2 nitrogen and oxygen atoms in total. The minimum atomic E-state index is 1.07. The maximum absolute atomic E-state index is 4.66. The van der Waals surface area contributed by atoms with E-state index in [-0.39, 0.29) is 0 Å². The van der Waals surface area contributed by atoms with Gasteiger partial charge in [0, 0.05) is 11.9 Å². The van der Waals surface area contributed by atoms with E-state index >= 15 is 0 Å². The average molecular weight is 184 g/mol. The molecule has 1 N–H and O–H groups in total. The maximum atomic E-state index is 4.66. The van der Waals surface area contributed by atoms with Crippen LogP contribution in [0, 0.1) is 0 Å². The van der Waals surface area contributed by atoms with Crippen LogP contribution in [-0.2, 0) is 12.8 Å². The smallest absolute Gasteiger partial charge is 0.0867 e. The zero-order valence-electron chi connectivity index (χ0n) is 7.96. The molecule has 0 saturated heterocycles. The van der Waals surface area contributed by atoms with Crippen LogP contribution in [0.5, 0.6) is 0 Å². The first kappa shape index (κ1) is 7.80. The van der Waals surface area contributed by atoms with Crippen LogP contribution in [0.15, 0.2) is 30.5 Å². The topological polar surface area (TPSA) is 28.7 Å². The van der Waals surface area contributed by atoms with Gasteiger partial charge in [0.2, 0.25) is 0 Å². The molecule has 14 heavy (non-hydrogen) atoms. The van der Waals surface area contributed by atoms with Gasteiger partial charge in [-0.05, 0) is 43.0 Å². The molecule has 70 valence electrons. The number of H-pyrrole nitrogens is 1. The van der Waals surface area contributed by atoms with E-state index in [0.29, 0.717) is 0 Å². The number of fused-ring (bicyclic) bond motifs is 1. The van der Waals surface area contributed by atoms with Crippen molar-refractivity contribution in [1.82, 2.24) is 9.97 Å². The Morgan fingerprint density at radius 2 is 2.14 bits per heavy atom. The minimum absolute atomic E-state index is 1.07. The van der Waals surface area contributed by atoms with Crippen molar-refractivity contribution in [2.45, 2.75) is 19.3 Å². The Morgan fingerprint density at radius 3 is 3.00 bits per heavy atom. The Hall–Kier alpha value is -1.57. The quantitative estimate of drug-likeness (QED) is 0.725. The standard InChI is InChI=1S/C12H12N2/c1-3-9-6-7-12(14-10(9)4-1)11-5-2-8-13-11/h2,5-8,13H,1,3-4H2. The number of pyridine rings is 1. The first-order valence-electron chi connectivity index (χ1n) is 5.06. The largest absolute Gasteiger partial charge is 0.360 e. The third-order valence-corrected chi connectivity index (χ3v) is 2.80. The zero-order chi connectivity index (χ0) is 9.38. The highest BCUT2D eigenvalue weighted by Gasteiger charge is 2.12. The summed E-state index contributed by atoms with van der Waals surface area (Å²) in [5.41, 5.74) is 4.90. The molecule has 0 spiro atoms. The molecule has 0 atom stereocenters. The lowest BCUT2D eigenvalue weighted by Gasteiger charge is -2.01. The Morgan fingerprint density at radius 1 is 1.14 bits per heavy atom. The summed E-state index contributed by atoms with van der Waals surface area (Å²) in [6.07, 6.45) is 5.54. The first-order valence-corrected chi connectivity index (χ1v) is 5.06. The number of aromatic nitrogens is 2. The molecule has 0 radical (unpaired) electrons. The summed E-state index contributed by atoms with van der Waals surface area (Å²) >= 11 is 0. The van der Waals surface area contributed by atoms with Gasteiger partial charge in [-0.3, -0.25) is 4.98 Å². The molecule has 0 unspecified atom stereocenters. The molecule has 0 bridgehead atoms. The highest BCUT2D eigenvalue weighted by molar-refractivity contribution is 5.55. The van der Waals surface area contributed by atoms with Gasteiger partial charge in [0.15, 0.2) is 0 Å². The molecule has 0 fully saturated rings. The van der Waals surface area contributed by atoms with Crippen molar-refractivity contribution >= 4 is 0 Å². The van der Waals surface area contributed by atoms with Gasteiger partial charge in [-0.15, -0.1) is 0 Å². The van der Waals surface area contributed by atoms with Crippen LogP contribution in [0.4, 0.5) is 0 Å². The predicted molar refractivity (Wildman–Crippen MR) is 56.0 cm³/mol. The highest BCUT2D eigenvalue weighted by atomic mass is 14.8. The molecule has 1 aliphatic rings. The minimum Gasteiger partial charge on any atom is -0.360 e. The molecule has 2 aromatic heterocycles. The van der Waals surface area contributed by atoms with Gasteiger partial charge < -0.3 is 4.98 Å². The van der Waals surface area contributed by atoms with E-state index < -0.39 is 0 Å². The Bertz CT molecular complexity index is 443. The number of rotatable bonds is 1. The summed E-state index contributed by atoms with van der Waals surface area (Å²) in [4.78, 5) is 7.85. The number of aryl methyl sites for hydroxylation is 2. The number of hydrogen-bond acceptors (Lipinski definition) is 1. The van der Waals surface area contributed by atoms with Gasteiger partial charge in [-0.1, -0.05) is 6.07 Å². The molecule has 2 aromatic rings. The Labute approximate surface area is 83.0 Å². The molecule has 0 amide bonds. The fraction of sp³-hybridized carbons (Fsp3) is 0.250. The predicted octanol–water partition coefficient (Wildman–Crippen LogP) is 2.57. The molecule has 2 heterocycles. The maximum Gasteiger partial charge on any atom is 0.0867 e. The lowest BCUT2D eigenvalue weighted by molar-refractivity contribution is 0.900. The molecule has 0 aliphatic heterocycles. The van der Waals surface area contributed by atoms with E-state index in [2.05, 4.69) is 28.2 Å². The Balaban J connectivity index is 2.09. The van der Waals surface area contributed by atoms with E-state index in [1.54, 1.807) is 0 Å². The monoisotopic (exact) mass is 184 g/mol. The van der Waals surface area contributed by atoms with Crippen molar-refractivity contribution in [3.05, 3.63) is 41.7 Å². The molecule has 0 aromatic carbocycles. The number of hydrogen-bond donors (Lipinski definition) is 1. The summed E-state index contributed by atoms with van der Waals surface area (Å²) in [6.45, 7) is 0. The average Bonchev–Trinajstić information content (AvgIpc) is 2.88. The van der Waals surface area contributed by atoms with Crippen LogP contribution in [-0.4, -0.2) is 9.97 Å². The van der Waals surface area contributed by atoms with Crippen LogP contribution in [0.2, 0.25) is 0 Å². The second-order valence-electron chi connectivity index (χ2n) is 3.74. The van der Waals surface area contributed by atoms with Gasteiger partial charge in [-0.2, -0.15) is 0 Å². The van der Waals surface area contributed by atoms with E-state index in [1.165, 1.54) is 24.1 Å². The summed E-state index contributed by atoms with van der Waals surface area (Å²) in [5.74, 6) is 0. The molecule has 3 rings (SSSR count). The normalized spacial score (nSPS) is 14.3. The van der Waals surface area contributed by atoms with Crippen molar-refractivity contribution in [2.24, 2.45) is 0 Å². The number of nitrogens with one attached hydrogen (secondary N) is 1. The zero-order valence-corrected chi connectivity index (χ0v) is 7.96. The summed E-state index contributed by atoms with van der Waals surface area (Å²) in [5, 5.41) is 0. The van der Waals surface area contributed by atoms with E-state index in [9.17, 15) is 0 Å². The van der Waals surface area contributed by atoms with Crippen LogP contribution in [0.25, 0.3) is 11.4 Å². The van der Waals surface area contributed by atoms with Gasteiger partial charge in [0.05, 0.1) is 11.4 Å². The van der Waals surface area contributed by atoms with Crippen molar-refractivity contribution in [3.8, 4) is 11.4 Å². The second kappa shape index (κ2) is 2.98. The van der Waals surface area contributed by atoms with Crippen LogP contribution in [0.1, 0.15) is 17.7 Å². The van der Waals surface area contributed by atoms with E-state index in [4.69, 9.17) is 0 Å². The fourth-order valence-corrected chi connectivity index (χ4v) is 2.06. The molecule has 2 heteroatoms. The van der Waals surface area contributed by atoms with E-state index in [0.717, 1.165) is 17.8 Å². The summed E-state index contributed by atoms with van der Waals surface area (Å²) < 4.78 is 0. The van der Waals surface area contributed by atoms with Crippen LogP contribution in [0.3, 0.4) is 0 Å². The Kier molecular flexibility index (Phi) is 1.66. The van der Waals surface area contributed by atoms with Crippen molar-refractivity contribution in [1.29, 1.82) is 0 Å². The number of nitrogens with zero attached hydrogens (tertiary/aromatic N) is 1. The van der Waals surface area contributed by atoms with Crippen molar-refractivity contribution < 1.29 is 0 Å². The van der Waals surface area contributed by atoms with Crippen molar-refractivity contribution in [2.75, 3.05) is 0 Å². The fourth-order valence-electron chi connectivity index (χ4n) is 2.06. The molecule has 1 aliphatic carbocycles. The second-order valence-corrected chi connectivity index (χ2v) is 3.74. The van der Waals surface area contributed by atoms with Gasteiger partial charge >= 0.3 is 0 Å². The third kappa shape index (κ3) is 1.15. The number of aromatic amines is 1. The van der Waals surface area contributed by atoms with E-state index in [1.807, 2.05) is 12.3 Å². The third-order valence-electron chi connectivity index (χ3n) is 2.80. The molecular formula is C12H12N2. The molecular weight excluding hydrogens is 172 g/mol. The van der Waals surface area contributed by atoms with Gasteiger partial charge in [0.1, 0.15) is 0 Å². The molecule has 0 saturated carbocycles. The summed E-state index contributed by atoms with van der Waals surface area (Å²) in [7, 11) is 0. The highest BCUT2D eigenvalue weighted by Crippen LogP contribution is 2.23. The first-order chi connectivity index (χ1) is 6.93. The SMILES string of the molecule is c1c[nH]c(-c2ccc3c(n2)CCC3)c1. The van der Waals surface area contributed by atoms with Gasteiger partial charge in [0.25, 0.3) is 0 Å².